The van der Waals surface area contributed by atoms with Gasteiger partial charge in [-0.05, 0) is 38.2 Å². The van der Waals surface area contributed by atoms with Crippen molar-refractivity contribution < 1.29 is 13.7 Å². The van der Waals surface area contributed by atoms with E-state index in [-0.39, 0.29) is 23.1 Å². The Kier molecular flexibility index (Phi) is 4.66. The number of aryl methyl sites for hydroxylation is 2. The molecule has 1 N–H and O–H groups in total. The molecule has 1 saturated heterocycles. The van der Waals surface area contributed by atoms with Gasteiger partial charge in [-0.25, -0.2) is 4.98 Å². The van der Waals surface area contributed by atoms with Crippen LogP contribution in [0.1, 0.15) is 46.4 Å². The molecule has 0 bridgehead atoms. The summed E-state index contributed by atoms with van der Waals surface area (Å²) in [4.78, 5) is 23.7. The number of hydrogen-bond acceptors (Lipinski definition) is 7. The lowest BCUT2D eigenvalue weighted by molar-refractivity contribution is 0.0905. The van der Waals surface area contributed by atoms with E-state index in [9.17, 15) is 4.79 Å². The second kappa shape index (κ2) is 7.36. The van der Waals surface area contributed by atoms with E-state index in [1.165, 1.54) is 12.0 Å². The van der Waals surface area contributed by atoms with Gasteiger partial charge >= 0.3 is 0 Å². The number of fused-ring (bicyclic) bond motifs is 1. The fraction of sp³-hybridized carbons (Fsp3) is 0.455. The summed E-state index contributed by atoms with van der Waals surface area (Å²) >= 11 is 0. The van der Waals surface area contributed by atoms with Gasteiger partial charge in [-0.15, -0.1) is 0 Å². The number of carbonyl (C=O) groups is 1. The van der Waals surface area contributed by atoms with Gasteiger partial charge in [-0.1, -0.05) is 35.5 Å². The van der Waals surface area contributed by atoms with Crippen LogP contribution in [0.4, 0.5) is 0 Å². The van der Waals surface area contributed by atoms with Crippen LogP contribution in [0.15, 0.2) is 45.7 Å². The van der Waals surface area contributed by atoms with Crippen molar-refractivity contribution in [3.8, 4) is 0 Å². The highest BCUT2D eigenvalue weighted by molar-refractivity contribution is 5.92. The Morgan fingerprint density at radius 3 is 2.83 bits per heavy atom. The number of carbonyl (C=O) groups excluding carboxylic acids is 1. The van der Waals surface area contributed by atoms with Crippen LogP contribution < -0.4 is 5.32 Å². The molecule has 1 aliphatic heterocycles. The first kappa shape index (κ1) is 19.0. The molecule has 1 amide bonds. The van der Waals surface area contributed by atoms with E-state index in [4.69, 9.17) is 8.94 Å². The topological polar surface area (TPSA) is 97.3 Å². The summed E-state index contributed by atoms with van der Waals surface area (Å²) in [5.41, 5.74) is 1.65. The zero-order valence-corrected chi connectivity index (χ0v) is 17.2. The van der Waals surface area contributed by atoms with Gasteiger partial charge in [-0.3, -0.25) is 9.69 Å². The lowest BCUT2D eigenvalue weighted by Gasteiger charge is -2.25. The van der Waals surface area contributed by atoms with Gasteiger partial charge in [0.05, 0.1) is 11.1 Å². The fourth-order valence-corrected chi connectivity index (χ4v) is 5.15. The van der Waals surface area contributed by atoms with Crippen molar-refractivity contribution in [3.63, 3.8) is 0 Å². The molecule has 8 nitrogen and oxygen atoms in total. The van der Waals surface area contributed by atoms with E-state index in [0.29, 0.717) is 23.3 Å². The largest absolute Gasteiger partial charge is 0.438 e. The molecule has 3 aromatic rings. The van der Waals surface area contributed by atoms with E-state index in [1.54, 1.807) is 6.92 Å². The molecular weight excluding hydrogens is 382 g/mol. The van der Waals surface area contributed by atoms with E-state index >= 15 is 0 Å². The minimum Gasteiger partial charge on any atom is -0.438 e. The summed E-state index contributed by atoms with van der Waals surface area (Å²) in [6, 6.07) is 10.5. The zero-order valence-electron chi connectivity index (χ0n) is 17.2. The third-order valence-electron chi connectivity index (χ3n) is 6.43. The van der Waals surface area contributed by atoms with Gasteiger partial charge in [0.25, 0.3) is 5.91 Å². The molecule has 1 aliphatic carbocycles. The van der Waals surface area contributed by atoms with Crippen LogP contribution in [-0.4, -0.2) is 45.1 Å². The van der Waals surface area contributed by atoms with Crippen LogP contribution in [0.3, 0.4) is 0 Å². The van der Waals surface area contributed by atoms with E-state index in [2.05, 4.69) is 49.6 Å². The van der Waals surface area contributed by atoms with Crippen LogP contribution in [0.2, 0.25) is 0 Å². The number of amides is 1. The van der Waals surface area contributed by atoms with Crippen molar-refractivity contribution in [3.05, 3.63) is 65.5 Å². The van der Waals surface area contributed by atoms with Crippen LogP contribution in [0, 0.1) is 19.8 Å². The van der Waals surface area contributed by atoms with Crippen molar-refractivity contribution in [2.24, 2.45) is 5.92 Å². The zero-order chi connectivity index (χ0) is 20.7. The third kappa shape index (κ3) is 3.31. The summed E-state index contributed by atoms with van der Waals surface area (Å²) in [5.74, 6) is 1.73. The molecular formula is C22H25N5O3. The summed E-state index contributed by atoms with van der Waals surface area (Å²) in [5, 5.41) is 7.18. The number of oxazole rings is 1. The molecule has 2 aliphatic rings. The first-order chi connectivity index (χ1) is 14.5. The van der Waals surface area contributed by atoms with E-state index in [1.807, 2.05) is 13.0 Å². The van der Waals surface area contributed by atoms with Crippen LogP contribution in [-0.2, 0) is 12.0 Å². The maximum atomic E-state index is 12.6. The van der Waals surface area contributed by atoms with Gasteiger partial charge in [0.2, 0.25) is 11.7 Å². The SMILES string of the molecule is Cc1noc([C@]23C[C@H](NC(=O)c4ocnc4C)C[C@H]2CN(Cc2ccccc2)C3)n1. The maximum Gasteiger partial charge on any atom is 0.289 e. The number of nitrogens with zero attached hydrogens (tertiary/aromatic N) is 4. The number of aromatic nitrogens is 3. The van der Waals surface area contributed by atoms with Crippen molar-refractivity contribution >= 4 is 5.91 Å². The fourth-order valence-electron chi connectivity index (χ4n) is 5.15. The van der Waals surface area contributed by atoms with E-state index < -0.39 is 0 Å². The summed E-state index contributed by atoms with van der Waals surface area (Å²) in [6.45, 7) is 6.27. The molecule has 3 heterocycles. The highest BCUT2D eigenvalue weighted by Crippen LogP contribution is 2.50. The predicted octanol–water partition coefficient (Wildman–Crippen LogP) is 2.64. The normalized spacial score (nSPS) is 26.1. The Bertz CT molecular complexity index is 1050. The van der Waals surface area contributed by atoms with Gasteiger partial charge in [0.15, 0.2) is 12.2 Å². The lowest BCUT2D eigenvalue weighted by Crippen LogP contribution is -2.38. The maximum absolute atomic E-state index is 12.6. The number of benzene rings is 1. The molecule has 0 spiro atoms. The minimum absolute atomic E-state index is 0.0260. The molecule has 156 valence electrons. The average molecular weight is 407 g/mol. The molecule has 0 radical (unpaired) electrons. The molecule has 1 aromatic carbocycles. The predicted molar refractivity (Wildman–Crippen MR) is 108 cm³/mol. The minimum atomic E-state index is -0.246. The Labute approximate surface area is 174 Å². The first-order valence-corrected chi connectivity index (χ1v) is 10.3. The molecule has 0 unspecified atom stereocenters. The monoisotopic (exact) mass is 407 g/mol. The molecule has 3 atom stereocenters. The number of likely N-dealkylation sites (tertiary alicyclic amines) is 1. The number of nitrogens with one attached hydrogen (secondary N) is 1. The highest BCUT2D eigenvalue weighted by atomic mass is 16.5. The average Bonchev–Trinajstić information content (AvgIpc) is 3.46. The van der Waals surface area contributed by atoms with Gasteiger partial charge in [-0.2, -0.15) is 4.98 Å². The quantitative estimate of drug-likeness (QED) is 0.694. The second-order valence-electron chi connectivity index (χ2n) is 8.53. The van der Waals surface area contributed by atoms with E-state index in [0.717, 1.165) is 32.5 Å². The van der Waals surface area contributed by atoms with Crippen molar-refractivity contribution in [2.45, 2.75) is 44.7 Å². The van der Waals surface area contributed by atoms with Crippen molar-refractivity contribution in [1.29, 1.82) is 0 Å². The van der Waals surface area contributed by atoms with Crippen LogP contribution in [0.25, 0.3) is 0 Å². The van der Waals surface area contributed by atoms with Crippen LogP contribution >= 0.6 is 0 Å². The molecule has 8 heteroatoms. The highest BCUT2D eigenvalue weighted by Gasteiger charge is 2.57. The Morgan fingerprint density at radius 1 is 1.30 bits per heavy atom. The Balaban J connectivity index is 1.36. The molecule has 2 fully saturated rings. The van der Waals surface area contributed by atoms with Gasteiger partial charge < -0.3 is 14.3 Å². The standard InChI is InChI=1S/C22H25N5O3/c1-14-19(29-13-23-14)20(28)25-18-8-17-11-27(10-16-6-4-3-5-7-16)12-22(17,9-18)21-24-15(2)26-30-21/h3-7,13,17-18H,8-12H2,1-2H3,(H,25,28)/t17-,18+,22-/m0/s1. The first-order valence-electron chi connectivity index (χ1n) is 10.3. The summed E-state index contributed by atoms with van der Waals surface area (Å²) < 4.78 is 10.9. The van der Waals surface area contributed by atoms with Crippen molar-refractivity contribution in [2.75, 3.05) is 13.1 Å². The summed E-state index contributed by atoms with van der Waals surface area (Å²) in [7, 11) is 0. The van der Waals surface area contributed by atoms with Crippen molar-refractivity contribution in [1.82, 2.24) is 25.3 Å². The lowest BCUT2D eigenvalue weighted by atomic mass is 9.80. The molecule has 5 rings (SSSR count). The van der Waals surface area contributed by atoms with Gasteiger partial charge in [0.1, 0.15) is 0 Å². The Morgan fingerprint density at radius 2 is 2.13 bits per heavy atom. The summed E-state index contributed by atoms with van der Waals surface area (Å²) in [6.07, 6.45) is 2.94. The third-order valence-corrected chi connectivity index (χ3v) is 6.43. The number of hydrogen-bond donors (Lipinski definition) is 1. The van der Waals surface area contributed by atoms with Gasteiger partial charge in [0, 0.05) is 25.7 Å². The molecule has 30 heavy (non-hydrogen) atoms. The number of rotatable bonds is 5. The molecule has 2 aromatic heterocycles. The Hall–Kier alpha value is -3.00. The van der Waals surface area contributed by atoms with Crippen LogP contribution in [0.5, 0.6) is 0 Å². The smallest absolute Gasteiger partial charge is 0.289 e. The molecule has 1 saturated carbocycles. The second-order valence-corrected chi connectivity index (χ2v) is 8.53.